The Balaban J connectivity index is 3.11. The molecule has 0 aromatic carbocycles. The first-order valence-corrected chi connectivity index (χ1v) is 5.77. The number of hydrogen-bond acceptors (Lipinski definition) is 3. The zero-order valence-electron chi connectivity index (χ0n) is 9.88. The van der Waals surface area contributed by atoms with Gasteiger partial charge in [0.15, 0.2) is 0 Å². The Morgan fingerprint density at radius 2 is 1.88 bits per heavy atom. The second-order valence-corrected chi connectivity index (χ2v) is 4.49. The molecule has 0 atom stereocenters. The van der Waals surface area contributed by atoms with E-state index in [1.165, 1.54) is 0 Å². The average molecular weight is 259 g/mol. The number of imide groups is 2. The number of amides is 4. The van der Waals surface area contributed by atoms with Gasteiger partial charge in [0.05, 0.1) is 6.54 Å². The van der Waals surface area contributed by atoms with Gasteiger partial charge in [0, 0.05) is 5.03 Å². The molecule has 17 heavy (non-hydrogen) atoms. The van der Waals surface area contributed by atoms with Gasteiger partial charge >= 0.3 is 6.03 Å². The van der Waals surface area contributed by atoms with Crippen LogP contribution in [0.3, 0.4) is 0 Å². The van der Waals surface area contributed by atoms with Crippen LogP contribution in [0.5, 0.6) is 0 Å². The summed E-state index contributed by atoms with van der Waals surface area (Å²) in [6.07, 6.45) is 0.680. The summed E-state index contributed by atoms with van der Waals surface area (Å²) in [4.78, 5) is 36.5. The highest BCUT2D eigenvalue weighted by molar-refractivity contribution is 6.30. The van der Waals surface area contributed by atoms with Crippen molar-refractivity contribution >= 4 is 29.4 Å². The third-order valence-corrected chi connectivity index (χ3v) is 3.21. The third kappa shape index (κ3) is 2.20. The third-order valence-electron chi connectivity index (χ3n) is 3.09. The smallest absolute Gasteiger partial charge is 0.277 e. The zero-order chi connectivity index (χ0) is 13.2. The molecule has 0 aromatic heterocycles. The molecule has 1 saturated heterocycles. The number of barbiturate groups is 1. The lowest BCUT2D eigenvalue weighted by molar-refractivity contribution is -0.151. The fourth-order valence-corrected chi connectivity index (χ4v) is 2.04. The molecule has 94 valence electrons. The summed E-state index contributed by atoms with van der Waals surface area (Å²) < 4.78 is 0. The van der Waals surface area contributed by atoms with Crippen LogP contribution in [-0.4, -0.2) is 29.3 Å². The topological polar surface area (TPSA) is 66.5 Å². The van der Waals surface area contributed by atoms with Gasteiger partial charge < -0.3 is 0 Å². The van der Waals surface area contributed by atoms with E-state index in [-0.39, 0.29) is 11.6 Å². The first-order chi connectivity index (χ1) is 7.89. The summed E-state index contributed by atoms with van der Waals surface area (Å²) >= 11 is 5.60. The second kappa shape index (κ2) is 4.87. The van der Waals surface area contributed by atoms with Gasteiger partial charge in [-0.15, -0.1) is 0 Å². The van der Waals surface area contributed by atoms with Crippen molar-refractivity contribution in [3.8, 4) is 0 Å². The van der Waals surface area contributed by atoms with Crippen molar-refractivity contribution in [3.05, 3.63) is 11.6 Å². The van der Waals surface area contributed by atoms with E-state index in [4.69, 9.17) is 11.6 Å². The van der Waals surface area contributed by atoms with Gasteiger partial charge in [-0.2, -0.15) is 0 Å². The summed E-state index contributed by atoms with van der Waals surface area (Å²) in [6, 6.07) is -0.737. The lowest BCUT2D eigenvalue weighted by Crippen LogP contribution is -2.63. The number of nitrogens with zero attached hydrogens (tertiary/aromatic N) is 1. The summed E-state index contributed by atoms with van der Waals surface area (Å²) in [5, 5.41) is 2.36. The van der Waals surface area contributed by atoms with Crippen molar-refractivity contribution in [2.45, 2.75) is 26.7 Å². The Hall–Kier alpha value is -1.36. The molecule has 0 bridgehead atoms. The minimum atomic E-state index is -1.17. The fourth-order valence-electron chi connectivity index (χ4n) is 1.92. The number of hydrogen-bond donors (Lipinski definition) is 1. The Labute approximate surface area is 105 Å². The van der Waals surface area contributed by atoms with Gasteiger partial charge in [-0.25, -0.2) is 4.79 Å². The highest BCUT2D eigenvalue weighted by Gasteiger charge is 2.51. The Bertz CT molecular complexity index is 388. The molecule has 1 rings (SSSR count). The molecule has 0 spiro atoms. The van der Waals surface area contributed by atoms with Crippen LogP contribution < -0.4 is 5.32 Å². The van der Waals surface area contributed by atoms with Gasteiger partial charge in [0.1, 0.15) is 5.41 Å². The van der Waals surface area contributed by atoms with Crippen LogP contribution in [0.1, 0.15) is 26.7 Å². The standard InChI is InChI=1S/C11H15ClN2O3/c1-4-11(5-2)8(15)13-10(17)14(9(11)16)6-7(3)12/h3-6H2,1-2H3,(H,13,15,17). The van der Waals surface area contributed by atoms with Crippen LogP contribution in [0.15, 0.2) is 11.6 Å². The molecule has 1 N–H and O–H groups in total. The SMILES string of the molecule is C=C(Cl)CN1C(=O)NC(=O)C(CC)(CC)C1=O. The first-order valence-electron chi connectivity index (χ1n) is 5.39. The lowest BCUT2D eigenvalue weighted by atomic mass is 9.78. The van der Waals surface area contributed by atoms with Crippen LogP contribution in [-0.2, 0) is 9.59 Å². The molecular weight excluding hydrogens is 244 g/mol. The highest BCUT2D eigenvalue weighted by atomic mass is 35.5. The summed E-state index contributed by atoms with van der Waals surface area (Å²) in [7, 11) is 0. The van der Waals surface area contributed by atoms with E-state index >= 15 is 0 Å². The zero-order valence-corrected chi connectivity index (χ0v) is 10.6. The highest BCUT2D eigenvalue weighted by Crippen LogP contribution is 2.32. The average Bonchev–Trinajstić information content (AvgIpc) is 2.26. The van der Waals surface area contributed by atoms with E-state index in [0.29, 0.717) is 12.8 Å². The molecule has 0 radical (unpaired) electrons. The van der Waals surface area contributed by atoms with Crippen LogP contribution in [0, 0.1) is 5.41 Å². The van der Waals surface area contributed by atoms with Crippen LogP contribution in [0.4, 0.5) is 4.79 Å². The monoisotopic (exact) mass is 258 g/mol. The van der Waals surface area contributed by atoms with Gasteiger partial charge in [-0.1, -0.05) is 32.0 Å². The molecule has 1 aliphatic heterocycles. The number of rotatable bonds is 4. The van der Waals surface area contributed by atoms with Crippen molar-refractivity contribution < 1.29 is 14.4 Å². The Kier molecular flexibility index (Phi) is 3.93. The predicted octanol–water partition coefficient (Wildman–Crippen LogP) is 1.62. The molecule has 0 aliphatic carbocycles. The number of carbonyl (C=O) groups is 3. The number of nitrogens with one attached hydrogen (secondary N) is 1. The van der Waals surface area contributed by atoms with E-state index in [1.807, 2.05) is 0 Å². The maximum absolute atomic E-state index is 12.2. The number of urea groups is 1. The second-order valence-electron chi connectivity index (χ2n) is 3.96. The molecular formula is C11H15ClN2O3. The van der Waals surface area contributed by atoms with Gasteiger partial charge in [-0.05, 0) is 12.8 Å². The molecule has 0 unspecified atom stereocenters. The van der Waals surface area contributed by atoms with Crippen LogP contribution in [0.2, 0.25) is 0 Å². The number of halogens is 1. The van der Waals surface area contributed by atoms with Crippen molar-refractivity contribution in [2.24, 2.45) is 5.41 Å². The molecule has 6 heteroatoms. The molecule has 1 heterocycles. The Morgan fingerprint density at radius 3 is 2.29 bits per heavy atom. The first kappa shape index (κ1) is 13.7. The molecule has 4 amide bonds. The molecule has 5 nitrogen and oxygen atoms in total. The Morgan fingerprint density at radius 1 is 1.35 bits per heavy atom. The lowest BCUT2D eigenvalue weighted by Gasteiger charge is -2.38. The predicted molar refractivity (Wildman–Crippen MR) is 63.3 cm³/mol. The minimum absolute atomic E-state index is 0.0821. The van der Waals surface area contributed by atoms with Gasteiger partial charge in [-0.3, -0.25) is 19.8 Å². The molecule has 0 saturated carbocycles. The maximum atomic E-state index is 12.2. The maximum Gasteiger partial charge on any atom is 0.331 e. The van der Waals surface area contributed by atoms with Gasteiger partial charge in [0.2, 0.25) is 11.8 Å². The van der Waals surface area contributed by atoms with Crippen molar-refractivity contribution in [1.82, 2.24) is 10.2 Å². The number of carbonyl (C=O) groups excluding carboxylic acids is 3. The van der Waals surface area contributed by atoms with Crippen molar-refractivity contribution in [2.75, 3.05) is 6.54 Å². The van der Waals surface area contributed by atoms with E-state index in [2.05, 4.69) is 11.9 Å². The summed E-state index contributed by atoms with van der Waals surface area (Å²) in [6.45, 7) is 6.84. The quantitative estimate of drug-likeness (QED) is 0.780. The largest absolute Gasteiger partial charge is 0.331 e. The van der Waals surface area contributed by atoms with E-state index < -0.39 is 23.3 Å². The molecule has 0 aromatic rings. The normalized spacial score (nSPS) is 19.2. The van der Waals surface area contributed by atoms with Crippen LogP contribution in [0.25, 0.3) is 0 Å². The molecule has 1 fully saturated rings. The van der Waals surface area contributed by atoms with E-state index in [0.717, 1.165) is 4.90 Å². The van der Waals surface area contributed by atoms with Crippen LogP contribution >= 0.6 is 11.6 Å². The summed E-state index contributed by atoms with van der Waals surface area (Å²) in [5.74, 6) is -1.04. The van der Waals surface area contributed by atoms with E-state index in [1.54, 1.807) is 13.8 Å². The van der Waals surface area contributed by atoms with E-state index in [9.17, 15) is 14.4 Å². The fraction of sp³-hybridized carbons (Fsp3) is 0.545. The summed E-state index contributed by atoms with van der Waals surface area (Å²) in [5.41, 5.74) is -1.17. The van der Waals surface area contributed by atoms with Crippen molar-refractivity contribution in [3.63, 3.8) is 0 Å². The minimum Gasteiger partial charge on any atom is -0.277 e. The van der Waals surface area contributed by atoms with Crippen molar-refractivity contribution in [1.29, 1.82) is 0 Å². The molecule has 1 aliphatic rings. The van der Waals surface area contributed by atoms with Gasteiger partial charge in [0.25, 0.3) is 0 Å².